The highest BCUT2D eigenvalue weighted by atomic mass is 16.5. The SMILES string of the molecule is COc1c(N2CCC(C(CNC(C)=O)N(C)CCC#N)C2)ccc2c(=O)n(N)c(=O)n(C3CC3)c12. The van der Waals surface area contributed by atoms with Crippen molar-refractivity contribution in [2.24, 2.45) is 5.92 Å². The number of nitrogens with two attached hydrogens (primary N) is 1. The lowest BCUT2D eigenvalue weighted by Crippen LogP contribution is -2.47. The second-order valence-electron chi connectivity index (χ2n) is 9.46. The van der Waals surface area contributed by atoms with Gasteiger partial charge in [0.25, 0.3) is 5.56 Å². The summed E-state index contributed by atoms with van der Waals surface area (Å²) < 4.78 is 8.10. The van der Waals surface area contributed by atoms with Crippen molar-refractivity contribution in [2.45, 2.75) is 44.7 Å². The predicted octanol–water partition coefficient (Wildman–Crippen LogP) is 0.397. The molecule has 35 heavy (non-hydrogen) atoms. The van der Waals surface area contributed by atoms with E-state index < -0.39 is 11.2 Å². The minimum atomic E-state index is -0.541. The van der Waals surface area contributed by atoms with Crippen LogP contribution in [0.2, 0.25) is 0 Å². The maximum atomic E-state index is 12.9. The van der Waals surface area contributed by atoms with Gasteiger partial charge in [-0.2, -0.15) is 9.94 Å². The molecular weight excluding hydrogens is 450 g/mol. The van der Waals surface area contributed by atoms with Crippen molar-refractivity contribution in [3.63, 3.8) is 0 Å². The molecule has 2 aromatic rings. The molecule has 2 heterocycles. The van der Waals surface area contributed by atoms with Gasteiger partial charge in [-0.15, -0.1) is 0 Å². The van der Waals surface area contributed by atoms with Crippen LogP contribution in [0.3, 0.4) is 0 Å². The van der Waals surface area contributed by atoms with Crippen LogP contribution in [-0.4, -0.2) is 66.4 Å². The molecule has 1 saturated heterocycles. The number of amides is 1. The van der Waals surface area contributed by atoms with Crippen LogP contribution in [-0.2, 0) is 4.79 Å². The molecule has 1 aliphatic carbocycles. The zero-order chi connectivity index (χ0) is 25.3. The topological polar surface area (TPSA) is 139 Å². The van der Waals surface area contributed by atoms with Gasteiger partial charge >= 0.3 is 5.69 Å². The number of nitrogen functional groups attached to an aromatic ring is 1. The van der Waals surface area contributed by atoms with Gasteiger partial charge in [-0.25, -0.2) is 4.79 Å². The molecule has 2 aliphatic rings. The number of rotatable bonds is 9. The second kappa shape index (κ2) is 10.00. The number of hydrogen-bond acceptors (Lipinski definition) is 8. The molecular formula is C24H33N7O4. The lowest BCUT2D eigenvalue weighted by atomic mass is 9.97. The van der Waals surface area contributed by atoms with Crippen molar-refractivity contribution in [3.05, 3.63) is 33.0 Å². The quantitative estimate of drug-likeness (QED) is 0.489. The number of nitrogens with zero attached hydrogens (tertiary/aromatic N) is 5. The van der Waals surface area contributed by atoms with Gasteiger partial charge in [-0.05, 0) is 44.4 Å². The third kappa shape index (κ3) is 4.71. The maximum absolute atomic E-state index is 12.9. The molecule has 11 heteroatoms. The lowest BCUT2D eigenvalue weighted by Gasteiger charge is -2.33. The molecule has 1 aromatic carbocycles. The summed E-state index contributed by atoms with van der Waals surface area (Å²) in [6.07, 6.45) is 3.01. The van der Waals surface area contributed by atoms with E-state index in [-0.39, 0.29) is 23.9 Å². The highest BCUT2D eigenvalue weighted by Gasteiger charge is 2.35. The maximum Gasteiger partial charge on any atom is 0.350 e. The summed E-state index contributed by atoms with van der Waals surface area (Å²) in [4.78, 5) is 41.6. The Hall–Kier alpha value is -3.52. The van der Waals surface area contributed by atoms with Crippen LogP contribution in [0.4, 0.5) is 5.69 Å². The fraction of sp³-hybridized carbons (Fsp3) is 0.583. The average molecular weight is 484 g/mol. The van der Waals surface area contributed by atoms with E-state index in [2.05, 4.69) is 21.2 Å². The summed E-state index contributed by atoms with van der Waals surface area (Å²) in [5.41, 5.74) is 0.242. The molecule has 11 nitrogen and oxygen atoms in total. The van der Waals surface area contributed by atoms with Crippen molar-refractivity contribution in [1.82, 2.24) is 19.5 Å². The third-order valence-corrected chi connectivity index (χ3v) is 7.14. The number of fused-ring (bicyclic) bond motifs is 1. The molecule has 188 valence electrons. The number of aromatic nitrogens is 2. The molecule has 2 fully saturated rings. The van der Waals surface area contributed by atoms with Gasteiger partial charge in [0.2, 0.25) is 5.91 Å². The number of carbonyl (C=O) groups is 1. The van der Waals surface area contributed by atoms with Gasteiger partial charge in [0.1, 0.15) is 5.52 Å². The first-order chi connectivity index (χ1) is 16.8. The molecule has 0 bridgehead atoms. The summed E-state index contributed by atoms with van der Waals surface area (Å²) in [6.45, 7) is 4.10. The van der Waals surface area contributed by atoms with E-state index in [0.29, 0.717) is 47.4 Å². The molecule has 3 N–H and O–H groups in total. The zero-order valence-corrected chi connectivity index (χ0v) is 20.5. The van der Waals surface area contributed by atoms with Gasteiger partial charge in [-0.3, -0.25) is 14.2 Å². The summed E-state index contributed by atoms with van der Waals surface area (Å²) in [5.74, 6) is 6.46. The van der Waals surface area contributed by atoms with E-state index in [0.717, 1.165) is 31.5 Å². The van der Waals surface area contributed by atoms with Gasteiger partial charge in [-0.1, -0.05) is 0 Å². The summed E-state index contributed by atoms with van der Waals surface area (Å²) in [5, 5.41) is 12.3. The Labute approximate surface area is 203 Å². The molecule has 4 rings (SSSR count). The van der Waals surface area contributed by atoms with Crippen molar-refractivity contribution < 1.29 is 9.53 Å². The van der Waals surface area contributed by atoms with Crippen LogP contribution in [0.15, 0.2) is 21.7 Å². The average Bonchev–Trinajstić information content (AvgIpc) is 3.56. The minimum absolute atomic E-state index is 0.00620. The van der Waals surface area contributed by atoms with E-state index >= 15 is 0 Å². The van der Waals surface area contributed by atoms with Crippen molar-refractivity contribution in [1.29, 1.82) is 5.26 Å². The highest BCUT2D eigenvalue weighted by Crippen LogP contribution is 2.42. The van der Waals surface area contributed by atoms with Crippen LogP contribution in [0.5, 0.6) is 5.75 Å². The number of hydrogen-bond donors (Lipinski definition) is 2. The van der Waals surface area contributed by atoms with E-state index in [1.165, 1.54) is 6.92 Å². The van der Waals surface area contributed by atoms with Gasteiger partial charge in [0.15, 0.2) is 5.75 Å². The van der Waals surface area contributed by atoms with Gasteiger partial charge in [0.05, 0.1) is 24.3 Å². The van der Waals surface area contributed by atoms with Crippen LogP contribution in [0.25, 0.3) is 10.9 Å². The number of nitrogens with one attached hydrogen (secondary N) is 1. The number of methoxy groups -OCH3 is 1. The first-order valence-electron chi connectivity index (χ1n) is 12.0. The first kappa shape index (κ1) is 24.6. The van der Waals surface area contributed by atoms with Crippen LogP contribution < -0.4 is 32.0 Å². The number of nitriles is 1. The number of ether oxygens (including phenoxy) is 1. The highest BCUT2D eigenvalue weighted by molar-refractivity contribution is 5.90. The van der Waals surface area contributed by atoms with Gasteiger partial charge < -0.3 is 25.7 Å². The number of carbonyl (C=O) groups excluding carboxylic acids is 1. The lowest BCUT2D eigenvalue weighted by molar-refractivity contribution is -0.119. The summed E-state index contributed by atoms with van der Waals surface area (Å²) in [6, 6.07) is 5.84. The molecule has 0 radical (unpaired) electrons. The molecule has 1 aliphatic heterocycles. The summed E-state index contributed by atoms with van der Waals surface area (Å²) >= 11 is 0. The molecule has 1 amide bonds. The van der Waals surface area contributed by atoms with Crippen molar-refractivity contribution in [2.75, 3.05) is 51.1 Å². The Kier molecular flexibility index (Phi) is 7.03. The molecule has 0 spiro atoms. The van der Waals surface area contributed by atoms with E-state index in [9.17, 15) is 14.4 Å². The molecule has 2 atom stereocenters. The Balaban J connectivity index is 1.70. The zero-order valence-electron chi connectivity index (χ0n) is 20.5. The Bertz CT molecular complexity index is 1270. The molecule has 1 saturated carbocycles. The normalized spacial score (nSPS) is 18.6. The first-order valence-corrected chi connectivity index (χ1v) is 12.0. The number of likely N-dealkylation sites (N-methyl/N-ethyl adjacent to an activating group) is 1. The standard InChI is InChI=1S/C24H33N7O4/c1-15(32)27-13-20(28(2)11-4-10-25)16-9-12-29(14-16)19-8-7-18-21(22(19)35-3)30(17-5-6-17)24(34)31(26)23(18)33/h7-8,16-17,20H,4-6,9,11-14,26H2,1-3H3,(H,27,32). The molecule has 1 aromatic heterocycles. The van der Waals surface area contributed by atoms with Crippen LogP contribution >= 0.6 is 0 Å². The predicted molar refractivity (Wildman–Crippen MR) is 133 cm³/mol. The van der Waals surface area contributed by atoms with Crippen molar-refractivity contribution in [3.8, 4) is 11.8 Å². The second-order valence-corrected chi connectivity index (χ2v) is 9.46. The fourth-order valence-corrected chi connectivity index (χ4v) is 5.17. The van der Waals surface area contributed by atoms with Gasteiger partial charge in [0, 0.05) is 51.6 Å². The van der Waals surface area contributed by atoms with E-state index in [4.69, 9.17) is 15.8 Å². The fourth-order valence-electron chi connectivity index (χ4n) is 5.17. The number of anilines is 1. The van der Waals surface area contributed by atoms with E-state index in [1.807, 2.05) is 13.1 Å². The monoisotopic (exact) mass is 483 g/mol. The van der Waals surface area contributed by atoms with E-state index in [1.54, 1.807) is 17.7 Å². The Morgan fingerprint density at radius 1 is 1.34 bits per heavy atom. The molecule has 2 unspecified atom stereocenters. The Morgan fingerprint density at radius 2 is 2.09 bits per heavy atom. The minimum Gasteiger partial charge on any atom is -0.492 e. The Morgan fingerprint density at radius 3 is 2.71 bits per heavy atom. The number of benzene rings is 1. The smallest absolute Gasteiger partial charge is 0.350 e. The van der Waals surface area contributed by atoms with Crippen LogP contribution in [0, 0.1) is 17.2 Å². The third-order valence-electron chi connectivity index (χ3n) is 7.14. The van der Waals surface area contributed by atoms with Crippen LogP contribution in [0.1, 0.15) is 38.6 Å². The summed E-state index contributed by atoms with van der Waals surface area (Å²) in [7, 11) is 3.53. The largest absolute Gasteiger partial charge is 0.492 e. The van der Waals surface area contributed by atoms with Crippen molar-refractivity contribution >= 4 is 22.5 Å².